The summed E-state index contributed by atoms with van der Waals surface area (Å²) in [6, 6.07) is 8.41. The van der Waals surface area contributed by atoms with Crippen LogP contribution in [0.15, 0.2) is 30.5 Å². The molecular weight excluding hydrogens is 312 g/mol. The van der Waals surface area contributed by atoms with Crippen LogP contribution in [0.25, 0.3) is 10.9 Å². The average Bonchev–Trinajstić information content (AvgIpc) is 2.56. The molecule has 5 nitrogen and oxygen atoms in total. The van der Waals surface area contributed by atoms with E-state index in [0.29, 0.717) is 11.1 Å². The van der Waals surface area contributed by atoms with Gasteiger partial charge in [0.25, 0.3) is 0 Å². The van der Waals surface area contributed by atoms with Crippen LogP contribution in [0.3, 0.4) is 0 Å². The van der Waals surface area contributed by atoms with Gasteiger partial charge in [0.2, 0.25) is 5.91 Å². The van der Waals surface area contributed by atoms with Crippen LogP contribution >= 0.6 is 11.6 Å². The van der Waals surface area contributed by atoms with Gasteiger partial charge in [-0.05, 0) is 49.9 Å². The van der Waals surface area contributed by atoms with Crippen molar-refractivity contribution in [2.75, 3.05) is 11.9 Å². The van der Waals surface area contributed by atoms with Gasteiger partial charge in [-0.15, -0.1) is 0 Å². The number of halogens is 1. The van der Waals surface area contributed by atoms with E-state index < -0.39 is 0 Å². The number of anilines is 1. The number of hydrogen-bond donors (Lipinski definition) is 3. The van der Waals surface area contributed by atoms with Gasteiger partial charge in [-0.25, -0.2) is 0 Å². The smallest absolute Gasteiger partial charge is 0.233 e. The summed E-state index contributed by atoms with van der Waals surface area (Å²) in [4.78, 5) is 15.7. The molecule has 1 aromatic carbocycles. The molecule has 6 heteroatoms. The number of carbonyl (C=O) groups excluding carboxylic acids is 1. The molecule has 1 amide bonds. The molecule has 1 saturated carbocycles. The van der Waals surface area contributed by atoms with Crippen molar-refractivity contribution in [3.05, 3.63) is 35.5 Å². The highest BCUT2D eigenvalue weighted by Crippen LogP contribution is 2.28. The van der Waals surface area contributed by atoms with E-state index in [1.807, 2.05) is 24.3 Å². The van der Waals surface area contributed by atoms with Crippen molar-refractivity contribution < 1.29 is 4.79 Å². The Kier molecular flexibility index (Phi) is 4.98. The lowest BCUT2D eigenvalue weighted by atomic mass is 9.91. The lowest BCUT2D eigenvalue weighted by Crippen LogP contribution is -2.42. The van der Waals surface area contributed by atoms with Gasteiger partial charge in [0, 0.05) is 34.4 Å². The largest absolute Gasteiger partial charge is 0.382 e. The molecule has 0 unspecified atom stereocenters. The quantitative estimate of drug-likeness (QED) is 0.804. The van der Waals surface area contributed by atoms with Crippen molar-refractivity contribution in [1.29, 1.82) is 0 Å². The van der Waals surface area contributed by atoms with Gasteiger partial charge in [0.15, 0.2) is 0 Å². The third-order valence-electron chi connectivity index (χ3n) is 4.34. The number of nitrogens with one attached hydrogen (secondary N) is 2. The molecule has 23 heavy (non-hydrogen) atoms. The zero-order valence-electron chi connectivity index (χ0n) is 12.9. The van der Waals surface area contributed by atoms with Gasteiger partial charge < -0.3 is 16.4 Å². The Morgan fingerprint density at radius 2 is 1.96 bits per heavy atom. The SMILES string of the molecule is NCC(=O)NC1CCC(Nc2ccnc3cc(Cl)ccc23)CC1. The normalized spacial score (nSPS) is 21.1. The molecule has 0 saturated heterocycles. The first-order valence-corrected chi connectivity index (χ1v) is 8.34. The van der Waals surface area contributed by atoms with E-state index in [2.05, 4.69) is 15.6 Å². The van der Waals surface area contributed by atoms with Crippen molar-refractivity contribution in [2.45, 2.75) is 37.8 Å². The predicted molar refractivity (Wildman–Crippen MR) is 93.6 cm³/mol. The molecule has 0 radical (unpaired) electrons. The second-order valence-electron chi connectivity index (χ2n) is 5.98. The number of amides is 1. The first-order valence-electron chi connectivity index (χ1n) is 7.96. The zero-order valence-corrected chi connectivity index (χ0v) is 13.6. The number of nitrogens with two attached hydrogens (primary N) is 1. The van der Waals surface area contributed by atoms with Crippen molar-refractivity contribution in [2.24, 2.45) is 5.73 Å². The lowest BCUT2D eigenvalue weighted by Gasteiger charge is -2.30. The number of aromatic nitrogens is 1. The molecule has 2 aromatic rings. The summed E-state index contributed by atoms with van der Waals surface area (Å²) in [6.07, 6.45) is 5.78. The number of fused-ring (bicyclic) bond motifs is 1. The van der Waals surface area contributed by atoms with Crippen LogP contribution < -0.4 is 16.4 Å². The number of rotatable bonds is 4. The second kappa shape index (κ2) is 7.15. The first kappa shape index (κ1) is 16.0. The molecule has 0 spiro atoms. The maximum Gasteiger partial charge on any atom is 0.233 e. The summed E-state index contributed by atoms with van der Waals surface area (Å²) >= 11 is 6.03. The van der Waals surface area contributed by atoms with Gasteiger partial charge in [0.05, 0.1) is 12.1 Å². The highest BCUT2D eigenvalue weighted by Gasteiger charge is 2.22. The zero-order chi connectivity index (χ0) is 16.2. The molecule has 1 aliphatic rings. The van der Waals surface area contributed by atoms with Gasteiger partial charge in [-0.3, -0.25) is 9.78 Å². The Morgan fingerprint density at radius 1 is 1.22 bits per heavy atom. The number of carbonyl (C=O) groups is 1. The van der Waals surface area contributed by atoms with Crippen LogP contribution in [0.4, 0.5) is 5.69 Å². The molecule has 0 aliphatic heterocycles. The topological polar surface area (TPSA) is 80.0 Å². The van der Waals surface area contributed by atoms with E-state index in [1.54, 1.807) is 6.20 Å². The summed E-state index contributed by atoms with van der Waals surface area (Å²) in [5, 5.41) is 8.36. The van der Waals surface area contributed by atoms with Crippen molar-refractivity contribution in [3.63, 3.8) is 0 Å². The minimum atomic E-state index is -0.0709. The summed E-state index contributed by atoms with van der Waals surface area (Å²) in [7, 11) is 0. The van der Waals surface area contributed by atoms with Gasteiger partial charge in [-0.1, -0.05) is 11.6 Å². The molecule has 3 rings (SSSR count). The Balaban J connectivity index is 1.64. The van der Waals surface area contributed by atoms with Gasteiger partial charge >= 0.3 is 0 Å². The molecule has 122 valence electrons. The fourth-order valence-electron chi connectivity index (χ4n) is 3.14. The van der Waals surface area contributed by atoms with Crippen molar-refractivity contribution in [1.82, 2.24) is 10.3 Å². The molecule has 1 heterocycles. The second-order valence-corrected chi connectivity index (χ2v) is 6.42. The molecule has 0 bridgehead atoms. The monoisotopic (exact) mass is 332 g/mol. The van der Waals surface area contributed by atoms with Crippen LogP contribution in [0.1, 0.15) is 25.7 Å². The Morgan fingerprint density at radius 3 is 2.70 bits per heavy atom. The molecular formula is C17H21ClN4O. The summed E-state index contributed by atoms with van der Waals surface area (Å²) in [5.74, 6) is -0.0709. The fourth-order valence-corrected chi connectivity index (χ4v) is 3.30. The molecule has 4 N–H and O–H groups in total. The summed E-state index contributed by atoms with van der Waals surface area (Å²) in [5.41, 5.74) is 7.32. The van der Waals surface area contributed by atoms with Crippen LogP contribution in [0.5, 0.6) is 0 Å². The number of nitrogens with zero attached hydrogens (tertiary/aromatic N) is 1. The Labute approximate surface area is 140 Å². The van der Waals surface area contributed by atoms with E-state index in [4.69, 9.17) is 17.3 Å². The maximum absolute atomic E-state index is 11.4. The average molecular weight is 333 g/mol. The van der Waals surface area contributed by atoms with Gasteiger partial charge in [-0.2, -0.15) is 0 Å². The molecule has 0 atom stereocenters. The summed E-state index contributed by atoms with van der Waals surface area (Å²) in [6.45, 7) is 0.0593. The number of benzene rings is 1. The van der Waals surface area contributed by atoms with Crippen LogP contribution in [-0.4, -0.2) is 29.5 Å². The van der Waals surface area contributed by atoms with Crippen LogP contribution in [0.2, 0.25) is 5.02 Å². The third-order valence-corrected chi connectivity index (χ3v) is 4.58. The molecule has 1 aromatic heterocycles. The van der Waals surface area contributed by atoms with E-state index in [1.165, 1.54) is 0 Å². The minimum absolute atomic E-state index is 0.0593. The minimum Gasteiger partial charge on any atom is -0.382 e. The standard InChI is InChI=1S/C17H21ClN4O/c18-11-1-6-14-15(7-8-20-16(14)9-11)21-12-2-4-13(5-3-12)22-17(23)10-19/h1,6-9,12-13H,2-5,10,19H2,(H,20,21)(H,22,23). The third kappa shape index (κ3) is 3.92. The molecule has 1 aliphatic carbocycles. The van der Waals surface area contributed by atoms with E-state index in [-0.39, 0.29) is 18.5 Å². The predicted octanol–water partition coefficient (Wildman–Crippen LogP) is 2.69. The summed E-state index contributed by atoms with van der Waals surface area (Å²) < 4.78 is 0. The van der Waals surface area contributed by atoms with E-state index in [0.717, 1.165) is 42.3 Å². The maximum atomic E-state index is 11.4. The van der Waals surface area contributed by atoms with Crippen LogP contribution in [-0.2, 0) is 4.79 Å². The number of hydrogen-bond acceptors (Lipinski definition) is 4. The molecule has 1 fully saturated rings. The van der Waals surface area contributed by atoms with Crippen molar-refractivity contribution >= 4 is 34.1 Å². The van der Waals surface area contributed by atoms with Crippen LogP contribution in [0, 0.1) is 0 Å². The first-order chi connectivity index (χ1) is 11.2. The Hall–Kier alpha value is -1.85. The highest BCUT2D eigenvalue weighted by atomic mass is 35.5. The van der Waals surface area contributed by atoms with E-state index in [9.17, 15) is 4.79 Å². The highest BCUT2D eigenvalue weighted by molar-refractivity contribution is 6.31. The Bertz CT molecular complexity index is 698. The fraction of sp³-hybridized carbons (Fsp3) is 0.412. The van der Waals surface area contributed by atoms with E-state index >= 15 is 0 Å². The van der Waals surface area contributed by atoms with Crippen molar-refractivity contribution in [3.8, 4) is 0 Å². The van der Waals surface area contributed by atoms with Gasteiger partial charge in [0.1, 0.15) is 0 Å². The lowest BCUT2D eigenvalue weighted by molar-refractivity contribution is -0.120. The number of pyridine rings is 1.